The van der Waals surface area contributed by atoms with Crippen molar-refractivity contribution in [3.8, 4) is 0 Å². The summed E-state index contributed by atoms with van der Waals surface area (Å²) in [6.45, 7) is 8.83. The van der Waals surface area contributed by atoms with Crippen LogP contribution in [0.1, 0.15) is 37.6 Å². The second-order valence-electron chi connectivity index (χ2n) is 6.44. The van der Waals surface area contributed by atoms with Crippen molar-refractivity contribution in [3.05, 3.63) is 23.9 Å². The zero-order valence-electron chi connectivity index (χ0n) is 13.9. The van der Waals surface area contributed by atoms with Crippen LogP contribution in [0.5, 0.6) is 0 Å². The van der Waals surface area contributed by atoms with Gasteiger partial charge in [-0.3, -0.25) is 4.79 Å². The van der Waals surface area contributed by atoms with E-state index in [1.165, 1.54) is 0 Å². The summed E-state index contributed by atoms with van der Waals surface area (Å²) in [6, 6.07) is 3.65. The van der Waals surface area contributed by atoms with E-state index in [2.05, 4.69) is 41.3 Å². The molecular weight excluding hydrogens is 264 g/mol. The van der Waals surface area contributed by atoms with Crippen molar-refractivity contribution in [2.75, 3.05) is 39.0 Å². The van der Waals surface area contributed by atoms with Gasteiger partial charge in [-0.1, -0.05) is 20.8 Å². The van der Waals surface area contributed by atoms with Gasteiger partial charge in [-0.05, 0) is 38.1 Å². The van der Waals surface area contributed by atoms with Crippen molar-refractivity contribution in [1.29, 1.82) is 0 Å². The molecule has 1 rings (SSSR count). The molecule has 5 heteroatoms. The summed E-state index contributed by atoms with van der Waals surface area (Å²) < 4.78 is 0. The molecule has 0 aliphatic rings. The smallest absolute Gasteiger partial charge is 0.252 e. The zero-order chi connectivity index (χ0) is 15.9. The molecular formula is C16H28N4O. The number of anilines is 1. The van der Waals surface area contributed by atoms with Crippen LogP contribution in [-0.2, 0) is 0 Å². The summed E-state index contributed by atoms with van der Waals surface area (Å²) in [4.78, 5) is 18.5. The molecule has 1 aromatic rings. The van der Waals surface area contributed by atoms with Crippen LogP contribution in [0.25, 0.3) is 0 Å². The van der Waals surface area contributed by atoms with Gasteiger partial charge in [0.05, 0.1) is 5.56 Å². The average Bonchev–Trinajstić information content (AvgIpc) is 2.42. The predicted molar refractivity (Wildman–Crippen MR) is 87.7 cm³/mol. The molecule has 0 aliphatic carbocycles. The van der Waals surface area contributed by atoms with Crippen LogP contribution in [0.15, 0.2) is 18.3 Å². The molecule has 0 atom stereocenters. The van der Waals surface area contributed by atoms with Crippen LogP contribution in [-0.4, -0.2) is 49.5 Å². The maximum atomic E-state index is 12.1. The van der Waals surface area contributed by atoms with E-state index in [0.717, 1.165) is 25.3 Å². The Balaban J connectivity index is 2.52. The van der Waals surface area contributed by atoms with Gasteiger partial charge in [0.1, 0.15) is 5.82 Å². The minimum atomic E-state index is -0.0728. The second kappa shape index (κ2) is 7.98. The van der Waals surface area contributed by atoms with Crippen LogP contribution in [0, 0.1) is 5.41 Å². The van der Waals surface area contributed by atoms with Crippen molar-refractivity contribution in [2.45, 2.75) is 27.2 Å². The van der Waals surface area contributed by atoms with Crippen molar-refractivity contribution in [2.24, 2.45) is 5.41 Å². The third-order valence-electron chi connectivity index (χ3n) is 3.05. The molecule has 0 aliphatic heterocycles. The van der Waals surface area contributed by atoms with Gasteiger partial charge in [-0.15, -0.1) is 0 Å². The predicted octanol–water partition coefficient (Wildman–Crippen LogP) is 2.22. The lowest BCUT2D eigenvalue weighted by atomic mass is 9.93. The van der Waals surface area contributed by atoms with Gasteiger partial charge in [-0.25, -0.2) is 4.98 Å². The van der Waals surface area contributed by atoms with E-state index in [1.807, 2.05) is 20.2 Å². The molecule has 0 saturated carbocycles. The molecule has 0 radical (unpaired) electrons. The standard InChI is InChI=1S/C16H28N4O/c1-6-9-17-14-8-7-13(10-18-14)15(21)19-11-16(2,3)12-20(4)5/h7-8,10H,6,9,11-12H2,1-5H3,(H,17,18)(H,19,21). The monoisotopic (exact) mass is 292 g/mol. The Kier molecular flexibility index (Phi) is 6.62. The number of rotatable bonds is 8. The molecule has 1 aromatic heterocycles. The lowest BCUT2D eigenvalue weighted by Crippen LogP contribution is -2.40. The number of nitrogens with zero attached hydrogens (tertiary/aromatic N) is 2. The van der Waals surface area contributed by atoms with E-state index in [4.69, 9.17) is 0 Å². The van der Waals surface area contributed by atoms with E-state index in [-0.39, 0.29) is 11.3 Å². The first-order chi connectivity index (χ1) is 9.84. The zero-order valence-corrected chi connectivity index (χ0v) is 13.9. The summed E-state index contributed by atoms with van der Waals surface area (Å²) in [5.74, 6) is 0.734. The Morgan fingerprint density at radius 1 is 1.33 bits per heavy atom. The van der Waals surface area contributed by atoms with Crippen LogP contribution in [0.2, 0.25) is 0 Å². The van der Waals surface area contributed by atoms with Gasteiger partial charge in [-0.2, -0.15) is 0 Å². The minimum absolute atomic E-state index is 0.0369. The number of pyridine rings is 1. The highest BCUT2D eigenvalue weighted by Gasteiger charge is 2.20. The molecule has 0 unspecified atom stereocenters. The number of aromatic nitrogens is 1. The van der Waals surface area contributed by atoms with E-state index < -0.39 is 0 Å². The van der Waals surface area contributed by atoms with Crippen LogP contribution in [0.4, 0.5) is 5.82 Å². The first-order valence-corrected chi connectivity index (χ1v) is 7.47. The Morgan fingerprint density at radius 3 is 2.57 bits per heavy atom. The molecule has 1 heterocycles. The highest BCUT2D eigenvalue weighted by molar-refractivity contribution is 5.94. The third-order valence-corrected chi connectivity index (χ3v) is 3.05. The third kappa shape index (κ3) is 6.58. The summed E-state index contributed by atoms with van der Waals surface area (Å²) >= 11 is 0. The fourth-order valence-corrected chi connectivity index (χ4v) is 2.22. The average molecular weight is 292 g/mol. The van der Waals surface area contributed by atoms with Gasteiger partial charge in [0.2, 0.25) is 0 Å². The number of hydrogen-bond donors (Lipinski definition) is 2. The Hall–Kier alpha value is -1.62. The summed E-state index contributed by atoms with van der Waals surface area (Å²) in [5.41, 5.74) is 0.632. The van der Waals surface area contributed by atoms with Crippen LogP contribution >= 0.6 is 0 Å². The molecule has 0 bridgehead atoms. The number of amides is 1. The summed E-state index contributed by atoms with van der Waals surface area (Å²) in [6.07, 6.45) is 2.66. The molecule has 0 saturated heterocycles. The quantitative estimate of drug-likeness (QED) is 0.771. The molecule has 2 N–H and O–H groups in total. The molecule has 0 fully saturated rings. The Morgan fingerprint density at radius 2 is 2.05 bits per heavy atom. The molecule has 1 amide bonds. The van der Waals surface area contributed by atoms with E-state index in [9.17, 15) is 4.79 Å². The van der Waals surface area contributed by atoms with Crippen molar-refractivity contribution in [3.63, 3.8) is 0 Å². The summed E-state index contributed by atoms with van der Waals surface area (Å²) in [7, 11) is 4.07. The molecule has 0 aromatic carbocycles. The lowest BCUT2D eigenvalue weighted by molar-refractivity contribution is 0.0929. The second-order valence-corrected chi connectivity index (χ2v) is 6.44. The summed E-state index contributed by atoms with van der Waals surface area (Å²) in [5, 5.41) is 6.17. The number of carbonyl (C=O) groups is 1. The number of carbonyl (C=O) groups excluding carboxylic acids is 1. The fraction of sp³-hybridized carbons (Fsp3) is 0.625. The minimum Gasteiger partial charge on any atom is -0.370 e. The highest BCUT2D eigenvalue weighted by atomic mass is 16.1. The topological polar surface area (TPSA) is 57.3 Å². The van der Waals surface area contributed by atoms with E-state index in [1.54, 1.807) is 12.3 Å². The van der Waals surface area contributed by atoms with E-state index in [0.29, 0.717) is 12.1 Å². The molecule has 118 valence electrons. The van der Waals surface area contributed by atoms with Gasteiger partial charge in [0, 0.05) is 25.8 Å². The Bertz CT molecular complexity index is 440. The normalized spacial score (nSPS) is 11.5. The largest absolute Gasteiger partial charge is 0.370 e. The van der Waals surface area contributed by atoms with Crippen LogP contribution < -0.4 is 10.6 Å². The molecule has 0 spiro atoms. The fourth-order valence-electron chi connectivity index (χ4n) is 2.22. The Labute approximate surface area is 128 Å². The first kappa shape index (κ1) is 17.4. The first-order valence-electron chi connectivity index (χ1n) is 7.47. The van der Waals surface area contributed by atoms with Crippen molar-refractivity contribution >= 4 is 11.7 Å². The van der Waals surface area contributed by atoms with Gasteiger partial charge in [0.25, 0.3) is 5.91 Å². The molecule has 21 heavy (non-hydrogen) atoms. The lowest BCUT2D eigenvalue weighted by Gasteiger charge is -2.28. The SMILES string of the molecule is CCCNc1ccc(C(=O)NCC(C)(C)CN(C)C)cn1. The van der Waals surface area contributed by atoms with Gasteiger partial charge < -0.3 is 15.5 Å². The number of nitrogens with one attached hydrogen (secondary N) is 2. The van der Waals surface area contributed by atoms with Gasteiger partial charge in [0.15, 0.2) is 0 Å². The van der Waals surface area contributed by atoms with Crippen molar-refractivity contribution < 1.29 is 4.79 Å². The van der Waals surface area contributed by atoms with Gasteiger partial charge >= 0.3 is 0 Å². The maximum absolute atomic E-state index is 12.1. The maximum Gasteiger partial charge on any atom is 0.252 e. The number of hydrogen-bond acceptors (Lipinski definition) is 4. The van der Waals surface area contributed by atoms with Crippen molar-refractivity contribution in [1.82, 2.24) is 15.2 Å². The van der Waals surface area contributed by atoms with Crippen LogP contribution in [0.3, 0.4) is 0 Å². The van der Waals surface area contributed by atoms with E-state index >= 15 is 0 Å². The highest BCUT2D eigenvalue weighted by Crippen LogP contribution is 2.14. The molecule has 5 nitrogen and oxygen atoms in total.